The lowest BCUT2D eigenvalue weighted by molar-refractivity contribution is 0.0693. The Labute approximate surface area is 74.4 Å². The molecule has 1 aromatic carbocycles. The third kappa shape index (κ3) is 1.58. The third-order valence-electron chi connectivity index (χ3n) is 1.51. The summed E-state index contributed by atoms with van der Waals surface area (Å²) in [7, 11) is 0. The van der Waals surface area contributed by atoms with Crippen LogP contribution in [0.4, 0.5) is 4.39 Å². The minimum Gasteiger partial charge on any atom is -0.478 e. The number of rotatable bonds is 1. The summed E-state index contributed by atoms with van der Waals surface area (Å²) in [5.41, 5.74) is 0.336. The molecule has 0 aliphatic carbocycles. The predicted octanol–water partition coefficient (Wildman–Crippen LogP) is 2.12. The van der Waals surface area contributed by atoms with E-state index in [4.69, 9.17) is 5.11 Å². The van der Waals surface area contributed by atoms with Crippen LogP contribution in [0.25, 0.3) is 0 Å². The molecule has 0 fully saturated rings. The van der Waals surface area contributed by atoms with Crippen molar-refractivity contribution in [1.82, 2.24) is 0 Å². The smallest absolute Gasteiger partial charge is 0.336 e. The fourth-order valence-corrected chi connectivity index (χ4v) is 1.12. The third-order valence-corrected chi connectivity index (χ3v) is 1.88. The number of aryl methyl sites for hydroxylation is 1. The molecule has 0 unspecified atom stereocenters. The Bertz CT molecular complexity index is 336. The number of benzene rings is 1. The summed E-state index contributed by atoms with van der Waals surface area (Å²) in [6, 6.07) is 2.36. The van der Waals surface area contributed by atoms with Crippen LogP contribution in [0.1, 0.15) is 15.9 Å². The van der Waals surface area contributed by atoms with Crippen molar-refractivity contribution in [3.8, 4) is 0 Å². The number of carbonyl (C=O) groups is 1. The van der Waals surface area contributed by atoms with E-state index in [0.717, 1.165) is 6.07 Å². The molecule has 12 heavy (non-hydrogen) atoms. The summed E-state index contributed by atoms with van der Waals surface area (Å²) in [6.45, 7) is 1.51. The molecule has 0 amide bonds. The molecular formula is C8H7FO2S. The summed E-state index contributed by atoms with van der Waals surface area (Å²) in [5.74, 6) is -1.53. The van der Waals surface area contributed by atoms with E-state index < -0.39 is 11.8 Å². The van der Waals surface area contributed by atoms with Gasteiger partial charge in [0.1, 0.15) is 5.82 Å². The molecule has 0 heterocycles. The monoisotopic (exact) mass is 186 g/mol. The topological polar surface area (TPSA) is 37.3 Å². The van der Waals surface area contributed by atoms with Gasteiger partial charge >= 0.3 is 5.97 Å². The second-order valence-corrected chi connectivity index (χ2v) is 2.91. The van der Waals surface area contributed by atoms with Gasteiger partial charge in [0.2, 0.25) is 0 Å². The Morgan fingerprint density at radius 1 is 1.58 bits per heavy atom. The maximum absolute atomic E-state index is 12.8. The second-order valence-electron chi connectivity index (χ2n) is 2.42. The van der Waals surface area contributed by atoms with Gasteiger partial charge in [0.25, 0.3) is 0 Å². The summed E-state index contributed by atoms with van der Waals surface area (Å²) in [5, 5.41) is 8.61. The molecule has 4 heteroatoms. The van der Waals surface area contributed by atoms with Gasteiger partial charge in [0.05, 0.1) is 5.56 Å². The zero-order valence-corrected chi connectivity index (χ0v) is 7.23. The minimum absolute atomic E-state index is 0.0252. The Hall–Kier alpha value is -1.03. The van der Waals surface area contributed by atoms with Gasteiger partial charge in [0, 0.05) is 4.90 Å². The van der Waals surface area contributed by atoms with Crippen LogP contribution in [0.5, 0.6) is 0 Å². The van der Waals surface area contributed by atoms with E-state index in [1.807, 2.05) is 0 Å². The SMILES string of the molecule is Cc1cc(C(=O)O)c(S)cc1F. The highest BCUT2D eigenvalue weighted by molar-refractivity contribution is 7.80. The molecule has 1 rings (SSSR count). The van der Waals surface area contributed by atoms with E-state index in [-0.39, 0.29) is 10.5 Å². The van der Waals surface area contributed by atoms with Crippen LogP contribution in [0.2, 0.25) is 0 Å². The maximum Gasteiger partial charge on any atom is 0.336 e. The molecule has 2 nitrogen and oxygen atoms in total. The van der Waals surface area contributed by atoms with Gasteiger partial charge in [-0.1, -0.05) is 0 Å². The number of hydrogen-bond acceptors (Lipinski definition) is 2. The van der Waals surface area contributed by atoms with Gasteiger partial charge in [-0.05, 0) is 24.6 Å². The molecule has 0 spiro atoms. The van der Waals surface area contributed by atoms with Gasteiger partial charge in [0.15, 0.2) is 0 Å². The van der Waals surface area contributed by atoms with Crippen LogP contribution in [-0.2, 0) is 0 Å². The lowest BCUT2D eigenvalue weighted by atomic mass is 10.1. The van der Waals surface area contributed by atoms with Gasteiger partial charge in [-0.2, -0.15) is 0 Å². The van der Waals surface area contributed by atoms with Gasteiger partial charge in [-0.25, -0.2) is 9.18 Å². The lowest BCUT2D eigenvalue weighted by Gasteiger charge is -2.01. The first-order valence-corrected chi connectivity index (χ1v) is 3.69. The fraction of sp³-hybridized carbons (Fsp3) is 0.125. The molecule has 0 saturated carbocycles. The summed E-state index contributed by atoms with van der Waals surface area (Å²) in [4.78, 5) is 10.7. The maximum atomic E-state index is 12.8. The van der Waals surface area contributed by atoms with Crippen molar-refractivity contribution in [2.24, 2.45) is 0 Å². The molecule has 0 aliphatic heterocycles. The van der Waals surface area contributed by atoms with Crippen molar-refractivity contribution in [3.05, 3.63) is 29.1 Å². The average Bonchev–Trinajstić information content (AvgIpc) is 1.96. The molecule has 1 aromatic rings. The number of hydrogen-bond donors (Lipinski definition) is 2. The van der Waals surface area contributed by atoms with E-state index in [9.17, 15) is 9.18 Å². The molecule has 0 saturated heterocycles. The largest absolute Gasteiger partial charge is 0.478 e. The van der Waals surface area contributed by atoms with Crippen molar-refractivity contribution < 1.29 is 14.3 Å². The zero-order chi connectivity index (χ0) is 9.30. The van der Waals surface area contributed by atoms with Gasteiger partial charge in [-0.15, -0.1) is 12.6 Å². The number of carboxylic acid groups (broad SMARTS) is 1. The second kappa shape index (κ2) is 3.15. The standard InChI is InChI=1S/C8H7FO2S/c1-4-2-5(8(10)11)7(12)3-6(4)9/h2-3,12H,1H3,(H,10,11). The van der Waals surface area contributed by atoms with Crippen molar-refractivity contribution in [2.45, 2.75) is 11.8 Å². The number of aromatic carboxylic acids is 1. The molecule has 0 radical (unpaired) electrons. The first kappa shape index (κ1) is 9.06. The first-order valence-electron chi connectivity index (χ1n) is 3.25. The molecule has 0 aliphatic rings. The number of halogens is 1. The van der Waals surface area contributed by atoms with E-state index in [1.165, 1.54) is 13.0 Å². The van der Waals surface area contributed by atoms with Gasteiger partial charge < -0.3 is 5.11 Å². The normalized spacial score (nSPS) is 9.92. The quantitative estimate of drug-likeness (QED) is 0.659. The Balaban J connectivity index is 3.33. The van der Waals surface area contributed by atoms with Crippen LogP contribution < -0.4 is 0 Å². The van der Waals surface area contributed by atoms with E-state index in [0.29, 0.717) is 5.56 Å². The Kier molecular flexibility index (Phi) is 2.38. The van der Waals surface area contributed by atoms with E-state index in [2.05, 4.69) is 12.6 Å². The summed E-state index contributed by atoms with van der Waals surface area (Å²) in [6.07, 6.45) is 0. The van der Waals surface area contributed by atoms with Crippen LogP contribution in [0.15, 0.2) is 17.0 Å². The van der Waals surface area contributed by atoms with Crippen molar-refractivity contribution >= 4 is 18.6 Å². The van der Waals surface area contributed by atoms with Crippen LogP contribution in [0, 0.1) is 12.7 Å². The van der Waals surface area contributed by atoms with Crippen LogP contribution in [0.3, 0.4) is 0 Å². The van der Waals surface area contributed by atoms with Crippen LogP contribution in [-0.4, -0.2) is 11.1 Å². The lowest BCUT2D eigenvalue weighted by Crippen LogP contribution is -1.99. The highest BCUT2D eigenvalue weighted by Gasteiger charge is 2.10. The first-order chi connectivity index (χ1) is 5.52. The van der Waals surface area contributed by atoms with E-state index in [1.54, 1.807) is 0 Å². The zero-order valence-electron chi connectivity index (χ0n) is 6.34. The Morgan fingerprint density at radius 3 is 2.67 bits per heavy atom. The van der Waals surface area contributed by atoms with Crippen molar-refractivity contribution in [1.29, 1.82) is 0 Å². The van der Waals surface area contributed by atoms with E-state index >= 15 is 0 Å². The molecular weight excluding hydrogens is 179 g/mol. The highest BCUT2D eigenvalue weighted by atomic mass is 32.1. The fourth-order valence-electron chi connectivity index (χ4n) is 0.842. The minimum atomic E-state index is -1.09. The molecule has 0 bridgehead atoms. The molecule has 1 N–H and O–H groups in total. The number of thiol groups is 1. The van der Waals surface area contributed by atoms with Crippen LogP contribution >= 0.6 is 12.6 Å². The predicted molar refractivity (Wildman–Crippen MR) is 45.3 cm³/mol. The summed E-state index contributed by atoms with van der Waals surface area (Å²) < 4.78 is 12.8. The Morgan fingerprint density at radius 2 is 2.17 bits per heavy atom. The molecule has 0 aromatic heterocycles. The van der Waals surface area contributed by atoms with Crippen molar-refractivity contribution in [2.75, 3.05) is 0 Å². The average molecular weight is 186 g/mol. The molecule has 64 valence electrons. The van der Waals surface area contributed by atoms with Crippen molar-refractivity contribution in [3.63, 3.8) is 0 Å². The number of carboxylic acids is 1. The summed E-state index contributed by atoms with van der Waals surface area (Å²) >= 11 is 3.83. The highest BCUT2D eigenvalue weighted by Crippen LogP contribution is 2.18. The molecule has 0 atom stereocenters. The van der Waals surface area contributed by atoms with Gasteiger partial charge in [-0.3, -0.25) is 0 Å².